The van der Waals surface area contributed by atoms with Gasteiger partial charge in [0.1, 0.15) is 0 Å². The monoisotopic (exact) mass is 328 g/mol. The van der Waals surface area contributed by atoms with Gasteiger partial charge in [-0.3, -0.25) is 19.4 Å². The molecule has 0 N–H and O–H groups in total. The van der Waals surface area contributed by atoms with Crippen molar-refractivity contribution in [2.75, 3.05) is 6.54 Å². The van der Waals surface area contributed by atoms with Gasteiger partial charge in [0.25, 0.3) is 0 Å². The van der Waals surface area contributed by atoms with Gasteiger partial charge in [0.15, 0.2) is 0 Å². The van der Waals surface area contributed by atoms with Crippen molar-refractivity contribution in [3.05, 3.63) is 35.4 Å². The molecular weight excluding hydrogens is 313 g/mol. The second kappa shape index (κ2) is 6.02. The third-order valence-electron chi connectivity index (χ3n) is 3.30. The van der Waals surface area contributed by atoms with E-state index in [4.69, 9.17) is 0 Å². The van der Waals surface area contributed by atoms with Crippen LogP contribution in [0.2, 0.25) is 0 Å². The van der Waals surface area contributed by atoms with E-state index < -0.39 is 29.6 Å². The van der Waals surface area contributed by atoms with Crippen LogP contribution < -0.4 is 0 Å². The first-order chi connectivity index (χ1) is 10.6. The maximum absolute atomic E-state index is 12.5. The SMILES string of the molecule is CC(C)CN1C(=O)C(=O)N(Cc2ccc(C(F)(F)F)cc2)C1=O. The summed E-state index contributed by atoms with van der Waals surface area (Å²) in [5.41, 5.74) is -0.489. The average molecular weight is 328 g/mol. The molecule has 124 valence electrons. The van der Waals surface area contributed by atoms with Crippen LogP contribution in [0.5, 0.6) is 0 Å². The van der Waals surface area contributed by atoms with Crippen LogP contribution in [0.1, 0.15) is 25.0 Å². The Morgan fingerprint density at radius 2 is 1.48 bits per heavy atom. The summed E-state index contributed by atoms with van der Waals surface area (Å²) in [6.45, 7) is 3.47. The van der Waals surface area contributed by atoms with Gasteiger partial charge in [0.05, 0.1) is 12.1 Å². The first-order valence-electron chi connectivity index (χ1n) is 6.94. The Bertz CT molecular complexity index is 638. The molecule has 0 aliphatic carbocycles. The number of halogens is 3. The van der Waals surface area contributed by atoms with Crippen molar-refractivity contribution in [2.45, 2.75) is 26.6 Å². The van der Waals surface area contributed by atoms with Crippen LogP contribution in [0.25, 0.3) is 0 Å². The molecule has 23 heavy (non-hydrogen) atoms. The van der Waals surface area contributed by atoms with E-state index in [0.29, 0.717) is 5.56 Å². The molecule has 0 spiro atoms. The maximum atomic E-state index is 12.5. The van der Waals surface area contributed by atoms with Crippen LogP contribution in [0.4, 0.5) is 18.0 Å². The maximum Gasteiger partial charge on any atom is 0.416 e. The molecule has 0 atom stereocenters. The van der Waals surface area contributed by atoms with E-state index >= 15 is 0 Å². The van der Waals surface area contributed by atoms with E-state index in [1.54, 1.807) is 13.8 Å². The summed E-state index contributed by atoms with van der Waals surface area (Å²) < 4.78 is 37.5. The Labute approximate surface area is 130 Å². The Balaban J connectivity index is 2.15. The molecule has 0 unspecified atom stereocenters. The Morgan fingerprint density at radius 1 is 0.957 bits per heavy atom. The zero-order valence-corrected chi connectivity index (χ0v) is 12.6. The number of rotatable bonds is 4. The van der Waals surface area contributed by atoms with E-state index in [0.717, 1.165) is 21.9 Å². The molecule has 1 aliphatic rings. The van der Waals surface area contributed by atoms with Gasteiger partial charge in [-0.2, -0.15) is 13.2 Å². The molecule has 4 amide bonds. The minimum Gasteiger partial charge on any atom is -0.263 e. The standard InChI is InChI=1S/C15H15F3N2O3/c1-9(2)7-19-12(21)13(22)20(14(19)23)8-10-3-5-11(6-4-10)15(16,17)18/h3-6,9H,7-8H2,1-2H3. The van der Waals surface area contributed by atoms with E-state index in [9.17, 15) is 27.6 Å². The third kappa shape index (κ3) is 3.52. The first-order valence-corrected chi connectivity index (χ1v) is 6.94. The van der Waals surface area contributed by atoms with Gasteiger partial charge in [-0.05, 0) is 23.6 Å². The largest absolute Gasteiger partial charge is 0.416 e. The molecule has 1 aliphatic heterocycles. The number of carbonyl (C=O) groups is 3. The highest BCUT2D eigenvalue weighted by Gasteiger charge is 2.44. The number of hydrogen-bond donors (Lipinski definition) is 0. The second-order valence-electron chi connectivity index (χ2n) is 5.68. The molecule has 1 aromatic rings. The van der Waals surface area contributed by atoms with Crippen molar-refractivity contribution in [3.8, 4) is 0 Å². The fourth-order valence-corrected chi connectivity index (χ4v) is 2.20. The van der Waals surface area contributed by atoms with Crippen LogP contribution in [-0.4, -0.2) is 34.2 Å². The predicted octanol–water partition coefficient (Wildman–Crippen LogP) is 2.65. The molecule has 5 nitrogen and oxygen atoms in total. The molecule has 0 saturated carbocycles. The Kier molecular flexibility index (Phi) is 4.44. The average Bonchev–Trinajstić information content (AvgIpc) is 2.64. The summed E-state index contributed by atoms with van der Waals surface area (Å²) in [6, 6.07) is 3.36. The van der Waals surface area contributed by atoms with Crippen LogP contribution in [-0.2, 0) is 22.3 Å². The fraction of sp³-hybridized carbons (Fsp3) is 0.400. The molecule has 8 heteroatoms. The summed E-state index contributed by atoms with van der Waals surface area (Å²) in [5, 5.41) is 0. The van der Waals surface area contributed by atoms with Crippen molar-refractivity contribution in [1.29, 1.82) is 0 Å². The number of nitrogens with zero attached hydrogens (tertiary/aromatic N) is 2. The van der Waals surface area contributed by atoms with E-state index in [1.807, 2.05) is 0 Å². The fourth-order valence-electron chi connectivity index (χ4n) is 2.20. The summed E-state index contributed by atoms with van der Waals surface area (Å²) in [4.78, 5) is 37.4. The Hall–Kier alpha value is -2.38. The molecule has 1 fully saturated rings. The van der Waals surface area contributed by atoms with Crippen molar-refractivity contribution >= 4 is 17.8 Å². The summed E-state index contributed by atoms with van der Waals surface area (Å²) >= 11 is 0. The molecule has 2 rings (SSSR count). The van der Waals surface area contributed by atoms with E-state index in [1.165, 1.54) is 12.1 Å². The number of hydrogen-bond acceptors (Lipinski definition) is 3. The predicted molar refractivity (Wildman–Crippen MR) is 73.9 cm³/mol. The van der Waals surface area contributed by atoms with Crippen molar-refractivity contribution < 1.29 is 27.6 Å². The lowest BCUT2D eigenvalue weighted by atomic mass is 10.1. The number of urea groups is 1. The first kappa shape index (κ1) is 17.0. The molecule has 0 aromatic heterocycles. The van der Waals surface area contributed by atoms with E-state index in [-0.39, 0.29) is 19.0 Å². The van der Waals surface area contributed by atoms with Gasteiger partial charge in [-0.1, -0.05) is 26.0 Å². The number of benzene rings is 1. The number of amides is 4. The van der Waals surface area contributed by atoms with Crippen molar-refractivity contribution in [2.24, 2.45) is 5.92 Å². The molecule has 1 heterocycles. The molecule has 1 aromatic carbocycles. The summed E-state index contributed by atoms with van der Waals surface area (Å²) in [7, 11) is 0. The number of imide groups is 2. The highest BCUT2D eigenvalue weighted by Crippen LogP contribution is 2.29. The number of carbonyl (C=O) groups excluding carboxylic acids is 3. The minimum atomic E-state index is -4.46. The van der Waals surface area contributed by atoms with Gasteiger partial charge in [0.2, 0.25) is 0 Å². The molecule has 1 saturated heterocycles. The zero-order chi connectivity index (χ0) is 17.4. The second-order valence-corrected chi connectivity index (χ2v) is 5.68. The highest BCUT2D eigenvalue weighted by molar-refractivity contribution is 6.44. The molecule has 0 bridgehead atoms. The quantitative estimate of drug-likeness (QED) is 0.631. The topological polar surface area (TPSA) is 57.7 Å². The highest BCUT2D eigenvalue weighted by atomic mass is 19.4. The van der Waals surface area contributed by atoms with Gasteiger partial charge in [0, 0.05) is 6.54 Å². The summed E-state index contributed by atoms with van der Waals surface area (Å²) in [6.07, 6.45) is -4.46. The lowest BCUT2D eigenvalue weighted by molar-refractivity contribution is -0.143. The van der Waals surface area contributed by atoms with Gasteiger partial charge in [-0.25, -0.2) is 4.79 Å². The minimum absolute atomic E-state index is 0.00159. The van der Waals surface area contributed by atoms with Crippen LogP contribution in [0, 0.1) is 5.92 Å². The summed E-state index contributed by atoms with van der Waals surface area (Å²) in [5.74, 6) is -1.87. The zero-order valence-electron chi connectivity index (χ0n) is 12.6. The van der Waals surface area contributed by atoms with Crippen LogP contribution >= 0.6 is 0 Å². The van der Waals surface area contributed by atoms with Gasteiger partial charge >= 0.3 is 24.0 Å². The Morgan fingerprint density at radius 3 is 1.96 bits per heavy atom. The van der Waals surface area contributed by atoms with Crippen LogP contribution in [0.3, 0.4) is 0 Å². The van der Waals surface area contributed by atoms with Gasteiger partial charge in [-0.15, -0.1) is 0 Å². The molecule has 0 radical (unpaired) electrons. The van der Waals surface area contributed by atoms with Crippen molar-refractivity contribution in [3.63, 3.8) is 0 Å². The van der Waals surface area contributed by atoms with Crippen LogP contribution in [0.15, 0.2) is 24.3 Å². The van der Waals surface area contributed by atoms with Gasteiger partial charge < -0.3 is 0 Å². The lowest BCUT2D eigenvalue weighted by Crippen LogP contribution is -2.35. The normalized spacial score (nSPS) is 16.0. The van der Waals surface area contributed by atoms with E-state index in [2.05, 4.69) is 0 Å². The lowest BCUT2D eigenvalue weighted by Gasteiger charge is -2.17. The molecular formula is C15H15F3N2O3. The third-order valence-corrected chi connectivity index (χ3v) is 3.30. The smallest absolute Gasteiger partial charge is 0.263 e. The number of alkyl halides is 3. The van der Waals surface area contributed by atoms with Crippen molar-refractivity contribution in [1.82, 2.24) is 9.80 Å².